The zero-order valence-electron chi connectivity index (χ0n) is 11.3. The fourth-order valence-corrected chi connectivity index (χ4v) is 1.73. The molecule has 1 N–H and O–H groups in total. The van der Waals surface area contributed by atoms with E-state index in [1.807, 2.05) is 25.1 Å². The third-order valence-corrected chi connectivity index (χ3v) is 2.65. The van der Waals surface area contributed by atoms with E-state index in [-0.39, 0.29) is 5.91 Å². The number of aromatic nitrogens is 2. The fraction of sp³-hybridized carbons (Fsp3) is 0.357. The molecule has 0 saturated heterocycles. The van der Waals surface area contributed by atoms with Crippen LogP contribution < -0.4 is 5.32 Å². The van der Waals surface area contributed by atoms with Gasteiger partial charge in [0, 0.05) is 30.9 Å². The maximum atomic E-state index is 11.8. The summed E-state index contributed by atoms with van der Waals surface area (Å²) in [4.78, 5) is 11.8. The minimum atomic E-state index is -0.0348. The summed E-state index contributed by atoms with van der Waals surface area (Å²) in [5.41, 5.74) is 1.48. The van der Waals surface area contributed by atoms with Gasteiger partial charge in [-0.25, -0.2) is 0 Å². The van der Waals surface area contributed by atoms with Crippen molar-refractivity contribution < 1.29 is 13.9 Å². The Balaban J connectivity index is 1.90. The maximum Gasteiger partial charge on any atom is 0.247 e. The van der Waals surface area contributed by atoms with Gasteiger partial charge >= 0.3 is 0 Å². The van der Waals surface area contributed by atoms with Crippen molar-refractivity contribution in [2.75, 3.05) is 18.5 Å². The van der Waals surface area contributed by atoms with Gasteiger partial charge in [0.05, 0.1) is 0 Å². The van der Waals surface area contributed by atoms with Crippen LogP contribution >= 0.6 is 0 Å². The molecule has 2 aromatic rings. The summed E-state index contributed by atoms with van der Waals surface area (Å²) in [6, 6.07) is 7.29. The van der Waals surface area contributed by atoms with Gasteiger partial charge in [0.1, 0.15) is 0 Å². The van der Waals surface area contributed by atoms with E-state index < -0.39 is 0 Å². The molecule has 0 saturated carbocycles. The van der Waals surface area contributed by atoms with E-state index in [0.717, 1.165) is 5.56 Å². The molecule has 1 heterocycles. The van der Waals surface area contributed by atoms with Crippen LogP contribution in [0.3, 0.4) is 0 Å². The first-order valence-corrected chi connectivity index (χ1v) is 6.54. The minimum absolute atomic E-state index is 0.0348. The zero-order valence-corrected chi connectivity index (χ0v) is 11.3. The summed E-state index contributed by atoms with van der Waals surface area (Å²) in [6.07, 6.45) is 2.42. The van der Waals surface area contributed by atoms with E-state index in [4.69, 9.17) is 9.15 Å². The molecule has 0 aliphatic carbocycles. The summed E-state index contributed by atoms with van der Waals surface area (Å²) < 4.78 is 10.3. The Hall–Kier alpha value is -2.21. The summed E-state index contributed by atoms with van der Waals surface area (Å²) in [5, 5.41) is 10.3. The van der Waals surface area contributed by atoms with E-state index in [9.17, 15) is 4.79 Å². The molecule has 6 nitrogen and oxygen atoms in total. The highest BCUT2D eigenvalue weighted by atomic mass is 16.5. The lowest BCUT2D eigenvalue weighted by molar-refractivity contribution is -0.116. The molecule has 0 bridgehead atoms. The lowest BCUT2D eigenvalue weighted by Gasteiger charge is -2.06. The molecule has 0 unspecified atom stereocenters. The number of amides is 1. The highest BCUT2D eigenvalue weighted by Crippen LogP contribution is 2.20. The van der Waals surface area contributed by atoms with Crippen LogP contribution in [0.2, 0.25) is 0 Å². The first-order chi connectivity index (χ1) is 9.79. The predicted octanol–water partition coefficient (Wildman–Crippen LogP) is 2.49. The Bertz CT molecular complexity index is 540. The highest BCUT2D eigenvalue weighted by Gasteiger charge is 2.06. The summed E-state index contributed by atoms with van der Waals surface area (Å²) >= 11 is 0. The van der Waals surface area contributed by atoms with Gasteiger partial charge in [0.15, 0.2) is 0 Å². The van der Waals surface area contributed by atoms with E-state index >= 15 is 0 Å². The van der Waals surface area contributed by atoms with Crippen molar-refractivity contribution in [1.82, 2.24) is 10.2 Å². The topological polar surface area (TPSA) is 77.2 Å². The summed E-state index contributed by atoms with van der Waals surface area (Å²) in [5.74, 6) is 0.393. The SMILES string of the molecule is CCOCCCC(=O)Nc1cccc(-c2nnco2)c1. The average Bonchev–Trinajstić information content (AvgIpc) is 2.98. The second-order valence-corrected chi connectivity index (χ2v) is 4.17. The van der Waals surface area contributed by atoms with Crippen LogP contribution in [0.25, 0.3) is 11.5 Å². The molecule has 0 aliphatic rings. The molecule has 1 aromatic carbocycles. The monoisotopic (exact) mass is 275 g/mol. The molecule has 1 amide bonds. The molecule has 1 aromatic heterocycles. The normalized spacial score (nSPS) is 10.4. The largest absolute Gasteiger partial charge is 0.423 e. The molecular formula is C14H17N3O3. The van der Waals surface area contributed by atoms with E-state index in [1.165, 1.54) is 6.39 Å². The van der Waals surface area contributed by atoms with Crippen molar-refractivity contribution in [2.24, 2.45) is 0 Å². The fourth-order valence-electron chi connectivity index (χ4n) is 1.73. The van der Waals surface area contributed by atoms with Crippen molar-refractivity contribution in [3.8, 4) is 11.5 Å². The lowest BCUT2D eigenvalue weighted by atomic mass is 10.2. The van der Waals surface area contributed by atoms with Gasteiger partial charge in [0.25, 0.3) is 0 Å². The predicted molar refractivity (Wildman–Crippen MR) is 74.1 cm³/mol. The number of anilines is 1. The number of hydrogen-bond acceptors (Lipinski definition) is 5. The van der Waals surface area contributed by atoms with Crippen molar-refractivity contribution in [3.63, 3.8) is 0 Å². The molecule has 20 heavy (non-hydrogen) atoms. The Morgan fingerprint density at radius 2 is 2.35 bits per heavy atom. The molecule has 0 aliphatic heterocycles. The van der Waals surface area contributed by atoms with Crippen LogP contribution in [-0.4, -0.2) is 29.3 Å². The Kier molecular flexibility index (Phi) is 5.25. The number of ether oxygens (including phenoxy) is 1. The Morgan fingerprint density at radius 1 is 1.45 bits per heavy atom. The molecule has 0 fully saturated rings. The second-order valence-electron chi connectivity index (χ2n) is 4.17. The van der Waals surface area contributed by atoms with Crippen LogP contribution in [0.5, 0.6) is 0 Å². The standard InChI is InChI=1S/C14H17N3O3/c1-2-19-8-4-7-13(18)16-12-6-3-5-11(9-12)14-17-15-10-20-14/h3,5-6,9-10H,2,4,7-8H2,1H3,(H,16,18). The molecule has 2 rings (SSSR count). The van der Waals surface area contributed by atoms with Gasteiger partial charge in [-0.05, 0) is 31.5 Å². The van der Waals surface area contributed by atoms with Crippen molar-refractivity contribution in [1.29, 1.82) is 0 Å². The van der Waals surface area contributed by atoms with E-state index in [2.05, 4.69) is 15.5 Å². The average molecular weight is 275 g/mol. The number of carbonyl (C=O) groups excluding carboxylic acids is 1. The second kappa shape index (κ2) is 7.40. The molecule has 106 valence electrons. The third-order valence-electron chi connectivity index (χ3n) is 2.65. The number of carbonyl (C=O) groups is 1. The van der Waals surface area contributed by atoms with Crippen LogP contribution in [0.4, 0.5) is 5.69 Å². The van der Waals surface area contributed by atoms with Crippen molar-refractivity contribution >= 4 is 11.6 Å². The number of benzene rings is 1. The quantitative estimate of drug-likeness (QED) is 0.785. The number of hydrogen-bond donors (Lipinski definition) is 1. The zero-order chi connectivity index (χ0) is 14.2. The Morgan fingerprint density at radius 3 is 3.10 bits per heavy atom. The van der Waals surface area contributed by atoms with Crippen molar-refractivity contribution in [3.05, 3.63) is 30.7 Å². The lowest BCUT2D eigenvalue weighted by Crippen LogP contribution is -2.12. The van der Waals surface area contributed by atoms with Crippen LogP contribution in [-0.2, 0) is 9.53 Å². The smallest absolute Gasteiger partial charge is 0.247 e. The van der Waals surface area contributed by atoms with Crippen molar-refractivity contribution in [2.45, 2.75) is 19.8 Å². The maximum absolute atomic E-state index is 11.8. The first kappa shape index (κ1) is 14.2. The van der Waals surface area contributed by atoms with Crippen LogP contribution in [0.15, 0.2) is 35.1 Å². The molecule has 6 heteroatoms. The first-order valence-electron chi connectivity index (χ1n) is 6.54. The number of rotatable bonds is 7. The van der Waals surface area contributed by atoms with E-state index in [1.54, 1.807) is 6.07 Å². The van der Waals surface area contributed by atoms with Gasteiger partial charge in [0.2, 0.25) is 18.2 Å². The number of nitrogens with one attached hydrogen (secondary N) is 1. The van der Waals surface area contributed by atoms with Gasteiger partial charge in [-0.3, -0.25) is 4.79 Å². The van der Waals surface area contributed by atoms with Gasteiger partial charge in [-0.1, -0.05) is 6.07 Å². The summed E-state index contributed by atoms with van der Waals surface area (Å²) in [6.45, 7) is 3.21. The van der Waals surface area contributed by atoms with Crippen LogP contribution in [0.1, 0.15) is 19.8 Å². The third kappa shape index (κ3) is 4.17. The molecule has 0 radical (unpaired) electrons. The van der Waals surface area contributed by atoms with Crippen LogP contribution in [0, 0.1) is 0 Å². The Labute approximate surface area is 117 Å². The minimum Gasteiger partial charge on any atom is -0.423 e. The van der Waals surface area contributed by atoms with Gasteiger partial charge in [-0.15, -0.1) is 10.2 Å². The van der Waals surface area contributed by atoms with E-state index in [0.29, 0.717) is 37.6 Å². The molecule has 0 atom stereocenters. The molecular weight excluding hydrogens is 258 g/mol. The number of nitrogens with zero attached hydrogens (tertiary/aromatic N) is 2. The molecule has 0 spiro atoms. The summed E-state index contributed by atoms with van der Waals surface area (Å²) in [7, 11) is 0. The highest BCUT2D eigenvalue weighted by molar-refractivity contribution is 5.91. The van der Waals surface area contributed by atoms with Gasteiger partial charge < -0.3 is 14.5 Å². The van der Waals surface area contributed by atoms with Gasteiger partial charge in [-0.2, -0.15) is 0 Å².